The standard InChI is InChI=1S/C14H15N5O3/c1-8-11-13(20)15-12(17-18(11)14(2,3)16-8)9-4-6-10(7-5-9)19(21)22/h4-7,16H,1-3H3,(H,15,17,20). The van der Waals surface area contributed by atoms with Gasteiger partial charge in [-0.25, -0.2) is 5.01 Å². The van der Waals surface area contributed by atoms with Crippen LogP contribution in [0.3, 0.4) is 0 Å². The van der Waals surface area contributed by atoms with Crippen molar-refractivity contribution in [3.8, 4) is 0 Å². The van der Waals surface area contributed by atoms with Crippen LogP contribution in [-0.2, 0) is 4.79 Å². The summed E-state index contributed by atoms with van der Waals surface area (Å²) in [7, 11) is 0. The van der Waals surface area contributed by atoms with E-state index in [9.17, 15) is 14.9 Å². The minimum Gasteiger partial charge on any atom is -0.363 e. The number of hydrogen-bond acceptors (Lipinski definition) is 6. The molecule has 2 aliphatic rings. The van der Waals surface area contributed by atoms with Crippen molar-refractivity contribution in [2.75, 3.05) is 0 Å². The van der Waals surface area contributed by atoms with Gasteiger partial charge in [0.05, 0.1) is 4.92 Å². The van der Waals surface area contributed by atoms with E-state index in [2.05, 4.69) is 15.7 Å². The zero-order chi connectivity index (χ0) is 16.1. The Morgan fingerprint density at radius 2 is 1.91 bits per heavy atom. The van der Waals surface area contributed by atoms with Gasteiger partial charge in [0.1, 0.15) is 11.4 Å². The lowest BCUT2D eigenvalue weighted by Gasteiger charge is -2.33. The molecule has 0 saturated heterocycles. The summed E-state index contributed by atoms with van der Waals surface area (Å²) in [4.78, 5) is 22.5. The predicted octanol–water partition coefficient (Wildman–Crippen LogP) is 1.26. The van der Waals surface area contributed by atoms with E-state index in [-0.39, 0.29) is 11.6 Å². The van der Waals surface area contributed by atoms with Crippen molar-refractivity contribution in [1.29, 1.82) is 0 Å². The lowest BCUT2D eigenvalue weighted by molar-refractivity contribution is -0.384. The van der Waals surface area contributed by atoms with E-state index in [1.807, 2.05) is 20.8 Å². The Morgan fingerprint density at radius 3 is 2.50 bits per heavy atom. The van der Waals surface area contributed by atoms with Crippen molar-refractivity contribution < 1.29 is 9.72 Å². The molecule has 2 heterocycles. The van der Waals surface area contributed by atoms with Gasteiger partial charge >= 0.3 is 0 Å². The van der Waals surface area contributed by atoms with Crippen LogP contribution in [0.1, 0.15) is 26.3 Å². The summed E-state index contributed by atoms with van der Waals surface area (Å²) in [5.74, 6) is 0.118. The predicted molar refractivity (Wildman–Crippen MR) is 79.5 cm³/mol. The van der Waals surface area contributed by atoms with Crippen molar-refractivity contribution in [2.45, 2.75) is 26.4 Å². The second-order valence-corrected chi connectivity index (χ2v) is 5.68. The molecule has 0 bridgehead atoms. The Labute approximate surface area is 126 Å². The van der Waals surface area contributed by atoms with Crippen LogP contribution in [-0.4, -0.2) is 27.3 Å². The third-order valence-electron chi connectivity index (χ3n) is 3.59. The van der Waals surface area contributed by atoms with Crippen molar-refractivity contribution in [2.24, 2.45) is 5.10 Å². The van der Waals surface area contributed by atoms with E-state index in [4.69, 9.17) is 0 Å². The first kappa shape index (κ1) is 14.1. The fourth-order valence-corrected chi connectivity index (χ4v) is 2.61. The normalized spacial score (nSPS) is 19.3. The number of carbonyl (C=O) groups is 1. The molecule has 0 radical (unpaired) electrons. The fraction of sp³-hybridized carbons (Fsp3) is 0.286. The molecule has 2 aliphatic heterocycles. The van der Waals surface area contributed by atoms with Crippen molar-refractivity contribution in [3.63, 3.8) is 0 Å². The largest absolute Gasteiger partial charge is 0.363 e. The Kier molecular flexibility index (Phi) is 2.91. The number of nitrogens with zero attached hydrogens (tertiary/aromatic N) is 3. The number of carbonyl (C=O) groups excluding carboxylic acids is 1. The molecule has 1 amide bonds. The second kappa shape index (κ2) is 4.55. The molecule has 1 aromatic rings. The number of nitro groups is 1. The van der Waals surface area contributed by atoms with Gasteiger partial charge in [0.25, 0.3) is 11.6 Å². The summed E-state index contributed by atoms with van der Waals surface area (Å²) < 4.78 is 0. The van der Waals surface area contributed by atoms with Gasteiger partial charge in [-0.15, -0.1) is 0 Å². The lowest BCUT2D eigenvalue weighted by Crippen LogP contribution is -2.51. The molecule has 0 atom stereocenters. The van der Waals surface area contributed by atoms with Crippen LogP contribution >= 0.6 is 0 Å². The number of fused-ring (bicyclic) bond motifs is 1. The summed E-state index contributed by atoms with van der Waals surface area (Å²) in [5.41, 5.74) is 1.33. The van der Waals surface area contributed by atoms with Crippen LogP contribution in [0, 0.1) is 10.1 Å². The summed E-state index contributed by atoms with van der Waals surface area (Å²) >= 11 is 0. The molecule has 0 saturated carbocycles. The Bertz CT molecular complexity index is 733. The van der Waals surface area contributed by atoms with E-state index in [0.29, 0.717) is 17.1 Å². The van der Waals surface area contributed by atoms with Gasteiger partial charge in [-0.05, 0) is 32.9 Å². The quantitative estimate of drug-likeness (QED) is 0.632. The topological polar surface area (TPSA) is 99.9 Å². The molecule has 114 valence electrons. The van der Waals surface area contributed by atoms with E-state index < -0.39 is 10.6 Å². The highest BCUT2D eigenvalue weighted by atomic mass is 16.6. The highest BCUT2D eigenvalue weighted by Crippen LogP contribution is 2.30. The number of nitro benzene ring substituents is 1. The molecule has 0 unspecified atom stereocenters. The molecule has 0 fully saturated rings. The lowest BCUT2D eigenvalue weighted by atomic mass is 10.1. The third kappa shape index (κ3) is 2.09. The molecule has 0 aliphatic carbocycles. The van der Waals surface area contributed by atoms with Crippen LogP contribution in [0.4, 0.5) is 5.69 Å². The Hall–Kier alpha value is -2.90. The van der Waals surface area contributed by atoms with Gasteiger partial charge in [0, 0.05) is 23.4 Å². The number of benzene rings is 1. The molecule has 2 N–H and O–H groups in total. The SMILES string of the molecule is CC1=C2C(=O)NC(c3ccc([N+](=O)[O-])cc3)=NN2C(C)(C)N1. The molecule has 0 aromatic heterocycles. The maximum absolute atomic E-state index is 12.3. The number of rotatable bonds is 2. The maximum Gasteiger partial charge on any atom is 0.276 e. The van der Waals surface area contributed by atoms with Gasteiger partial charge in [0.15, 0.2) is 5.84 Å². The number of allylic oxidation sites excluding steroid dienone is 1. The maximum atomic E-state index is 12.3. The first-order valence-electron chi connectivity index (χ1n) is 6.74. The molecule has 22 heavy (non-hydrogen) atoms. The van der Waals surface area contributed by atoms with Crippen molar-refractivity contribution in [3.05, 3.63) is 51.3 Å². The van der Waals surface area contributed by atoms with Gasteiger partial charge < -0.3 is 10.6 Å². The van der Waals surface area contributed by atoms with E-state index in [1.54, 1.807) is 17.1 Å². The number of non-ortho nitro benzene ring substituents is 1. The van der Waals surface area contributed by atoms with Crippen LogP contribution in [0.25, 0.3) is 0 Å². The summed E-state index contributed by atoms with van der Waals surface area (Å²) in [6.45, 7) is 5.65. The minimum absolute atomic E-state index is 0.00826. The average Bonchev–Trinajstić information content (AvgIpc) is 2.69. The van der Waals surface area contributed by atoms with E-state index in [1.165, 1.54) is 12.1 Å². The first-order valence-corrected chi connectivity index (χ1v) is 6.74. The molecule has 8 nitrogen and oxygen atoms in total. The van der Waals surface area contributed by atoms with Crippen molar-refractivity contribution >= 4 is 17.4 Å². The van der Waals surface area contributed by atoms with Gasteiger partial charge in [0.2, 0.25) is 0 Å². The van der Waals surface area contributed by atoms with Crippen LogP contribution < -0.4 is 10.6 Å². The smallest absolute Gasteiger partial charge is 0.276 e. The Balaban J connectivity index is 2.01. The summed E-state index contributed by atoms with van der Waals surface area (Å²) in [6, 6.07) is 5.90. The minimum atomic E-state index is -0.511. The van der Waals surface area contributed by atoms with Crippen molar-refractivity contribution in [1.82, 2.24) is 15.6 Å². The third-order valence-corrected chi connectivity index (χ3v) is 3.59. The highest BCUT2D eigenvalue weighted by Gasteiger charge is 2.42. The zero-order valence-electron chi connectivity index (χ0n) is 12.4. The Morgan fingerprint density at radius 1 is 1.27 bits per heavy atom. The highest BCUT2D eigenvalue weighted by molar-refractivity contribution is 6.14. The van der Waals surface area contributed by atoms with Crippen LogP contribution in [0.2, 0.25) is 0 Å². The number of hydrazone groups is 1. The molecule has 1 aromatic carbocycles. The van der Waals surface area contributed by atoms with Gasteiger partial charge in [-0.3, -0.25) is 14.9 Å². The summed E-state index contributed by atoms with van der Waals surface area (Å²) in [5, 5.41) is 22.7. The number of amidine groups is 1. The van der Waals surface area contributed by atoms with E-state index in [0.717, 1.165) is 5.70 Å². The monoisotopic (exact) mass is 301 g/mol. The summed E-state index contributed by atoms with van der Waals surface area (Å²) in [6.07, 6.45) is 0. The van der Waals surface area contributed by atoms with Crippen LogP contribution in [0.15, 0.2) is 40.8 Å². The molecule has 3 rings (SSSR count). The zero-order valence-corrected chi connectivity index (χ0v) is 12.4. The number of nitrogens with one attached hydrogen (secondary N) is 2. The fourth-order valence-electron chi connectivity index (χ4n) is 2.61. The van der Waals surface area contributed by atoms with Crippen LogP contribution in [0.5, 0.6) is 0 Å². The molecule has 0 spiro atoms. The second-order valence-electron chi connectivity index (χ2n) is 5.68. The van der Waals surface area contributed by atoms with E-state index >= 15 is 0 Å². The molecular weight excluding hydrogens is 286 g/mol. The molecule has 8 heteroatoms. The van der Waals surface area contributed by atoms with Gasteiger partial charge in [-0.1, -0.05) is 0 Å². The number of amides is 1. The first-order chi connectivity index (χ1) is 10.3. The number of hydrogen-bond donors (Lipinski definition) is 2. The average molecular weight is 301 g/mol. The van der Waals surface area contributed by atoms with Gasteiger partial charge in [-0.2, -0.15) is 5.10 Å². The molecular formula is C14H15N5O3.